The Hall–Kier alpha value is -1.74. The summed E-state index contributed by atoms with van der Waals surface area (Å²) in [6.07, 6.45) is 6.50. The third-order valence-electron chi connectivity index (χ3n) is 5.23. The lowest BCUT2D eigenvalue weighted by Gasteiger charge is -2.33. The van der Waals surface area contributed by atoms with Gasteiger partial charge < -0.3 is 19.8 Å². The number of methoxy groups -OCH3 is 1. The van der Waals surface area contributed by atoms with Crippen molar-refractivity contribution in [2.45, 2.75) is 31.7 Å². The van der Waals surface area contributed by atoms with Crippen LogP contribution in [0.3, 0.4) is 0 Å². The van der Waals surface area contributed by atoms with Crippen molar-refractivity contribution < 1.29 is 9.15 Å². The van der Waals surface area contributed by atoms with Crippen LogP contribution in [0.5, 0.6) is 5.75 Å². The minimum absolute atomic E-state index is 0. The fraction of sp³-hybridized carbons (Fsp3) is 0.500. The Morgan fingerprint density at radius 1 is 1.17 bits per heavy atom. The van der Waals surface area contributed by atoms with Crippen molar-refractivity contribution in [3.63, 3.8) is 0 Å². The second-order valence-electron chi connectivity index (χ2n) is 7.11. The van der Waals surface area contributed by atoms with E-state index >= 15 is 0 Å². The fourth-order valence-corrected chi connectivity index (χ4v) is 3.69. The van der Waals surface area contributed by atoms with Gasteiger partial charge in [-0.15, -0.1) is 24.0 Å². The molecule has 1 aliphatic heterocycles. The standard InChI is InChI=1S/C22H32N4O2.HI/c1-23-22(24-12-11-18-8-6-9-19(16-18)27-2)25-17-20(21-10-7-15-28-21)26-13-4-3-5-14-26;/h6-10,15-16,20H,3-5,11-14,17H2,1-2H3,(H2,23,24,25);1H. The first-order valence-corrected chi connectivity index (χ1v) is 10.1. The summed E-state index contributed by atoms with van der Waals surface area (Å²) in [4.78, 5) is 6.88. The second-order valence-corrected chi connectivity index (χ2v) is 7.11. The Balaban J connectivity index is 0.00000300. The van der Waals surface area contributed by atoms with Crippen LogP contribution in [0.25, 0.3) is 0 Å². The van der Waals surface area contributed by atoms with E-state index < -0.39 is 0 Å². The first-order valence-electron chi connectivity index (χ1n) is 10.1. The Morgan fingerprint density at radius 3 is 2.69 bits per heavy atom. The van der Waals surface area contributed by atoms with Crippen molar-refractivity contribution in [1.29, 1.82) is 0 Å². The van der Waals surface area contributed by atoms with Crippen LogP contribution in [0, 0.1) is 0 Å². The number of likely N-dealkylation sites (tertiary alicyclic amines) is 1. The molecule has 1 atom stereocenters. The van der Waals surface area contributed by atoms with Crippen LogP contribution in [0.2, 0.25) is 0 Å². The van der Waals surface area contributed by atoms with Gasteiger partial charge >= 0.3 is 0 Å². The lowest BCUT2D eigenvalue weighted by molar-refractivity contribution is 0.146. The Bertz CT molecular complexity index is 730. The van der Waals surface area contributed by atoms with E-state index in [4.69, 9.17) is 9.15 Å². The summed E-state index contributed by atoms with van der Waals surface area (Å²) >= 11 is 0. The number of halogens is 1. The van der Waals surface area contributed by atoms with Crippen molar-refractivity contribution in [2.24, 2.45) is 4.99 Å². The van der Waals surface area contributed by atoms with Gasteiger partial charge in [-0.05, 0) is 62.2 Å². The average Bonchev–Trinajstić information content (AvgIpc) is 3.28. The molecule has 6 nitrogen and oxygen atoms in total. The molecule has 0 amide bonds. The third-order valence-corrected chi connectivity index (χ3v) is 5.23. The zero-order valence-electron chi connectivity index (χ0n) is 17.4. The molecule has 0 radical (unpaired) electrons. The van der Waals surface area contributed by atoms with Gasteiger partial charge in [0.05, 0.1) is 19.4 Å². The molecular weight excluding hydrogens is 479 g/mol. The average molecular weight is 512 g/mol. The number of guanidine groups is 1. The number of aliphatic imine (C=N–C) groups is 1. The van der Waals surface area contributed by atoms with E-state index in [0.717, 1.165) is 50.1 Å². The zero-order chi connectivity index (χ0) is 19.6. The highest BCUT2D eigenvalue weighted by molar-refractivity contribution is 14.0. The first kappa shape index (κ1) is 23.5. The maximum Gasteiger partial charge on any atom is 0.191 e. The number of nitrogens with zero attached hydrogens (tertiary/aromatic N) is 2. The Kier molecular flexibility index (Phi) is 10.3. The van der Waals surface area contributed by atoms with Crippen LogP contribution in [0.15, 0.2) is 52.1 Å². The molecule has 29 heavy (non-hydrogen) atoms. The molecule has 2 aromatic rings. The molecule has 3 rings (SSSR count). The van der Waals surface area contributed by atoms with Crippen LogP contribution in [0.1, 0.15) is 36.6 Å². The van der Waals surface area contributed by atoms with Crippen molar-refractivity contribution in [3.05, 3.63) is 54.0 Å². The lowest BCUT2D eigenvalue weighted by Crippen LogP contribution is -2.44. The lowest BCUT2D eigenvalue weighted by atomic mass is 10.1. The molecule has 0 aliphatic carbocycles. The van der Waals surface area contributed by atoms with Crippen molar-refractivity contribution in [2.75, 3.05) is 40.3 Å². The summed E-state index contributed by atoms with van der Waals surface area (Å²) in [6, 6.07) is 12.4. The van der Waals surface area contributed by atoms with Crippen molar-refractivity contribution in [3.8, 4) is 5.75 Å². The molecule has 1 aromatic heterocycles. The molecule has 160 valence electrons. The zero-order valence-corrected chi connectivity index (χ0v) is 19.7. The SMILES string of the molecule is CN=C(NCCc1cccc(OC)c1)NCC(c1ccco1)N1CCCCC1.I. The van der Waals surface area contributed by atoms with Crippen molar-refractivity contribution in [1.82, 2.24) is 15.5 Å². The summed E-state index contributed by atoms with van der Waals surface area (Å²) in [5.74, 6) is 2.72. The number of furan rings is 1. The third kappa shape index (κ3) is 7.22. The minimum Gasteiger partial charge on any atom is -0.497 e. The molecule has 0 saturated carbocycles. The number of hydrogen-bond donors (Lipinski definition) is 2. The quantitative estimate of drug-likeness (QED) is 0.320. The smallest absolute Gasteiger partial charge is 0.191 e. The van der Waals surface area contributed by atoms with Gasteiger partial charge in [-0.2, -0.15) is 0 Å². The molecule has 2 heterocycles. The molecule has 2 N–H and O–H groups in total. The second kappa shape index (κ2) is 12.7. The van der Waals surface area contributed by atoms with Crippen LogP contribution >= 0.6 is 24.0 Å². The van der Waals surface area contributed by atoms with Crippen LogP contribution in [0.4, 0.5) is 0 Å². The van der Waals surface area contributed by atoms with E-state index in [9.17, 15) is 0 Å². The highest BCUT2D eigenvalue weighted by atomic mass is 127. The highest BCUT2D eigenvalue weighted by Gasteiger charge is 2.24. The van der Waals surface area contributed by atoms with Gasteiger partial charge in [-0.25, -0.2) is 0 Å². The van der Waals surface area contributed by atoms with Crippen molar-refractivity contribution >= 4 is 29.9 Å². The molecule has 1 unspecified atom stereocenters. The number of piperidine rings is 1. The predicted octanol–water partition coefficient (Wildman–Crippen LogP) is 3.84. The molecule has 1 saturated heterocycles. The molecule has 0 spiro atoms. The largest absolute Gasteiger partial charge is 0.497 e. The van der Waals surface area contributed by atoms with Crippen LogP contribution < -0.4 is 15.4 Å². The van der Waals surface area contributed by atoms with Crippen LogP contribution in [-0.2, 0) is 6.42 Å². The van der Waals surface area contributed by atoms with Gasteiger partial charge in [-0.3, -0.25) is 9.89 Å². The molecule has 1 aliphatic rings. The van der Waals surface area contributed by atoms with Gasteiger partial charge in [0.25, 0.3) is 0 Å². The van der Waals surface area contributed by atoms with E-state index in [1.54, 1.807) is 13.4 Å². The summed E-state index contributed by atoms with van der Waals surface area (Å²) < 4.78 is 11.0. The number of hydrogen-bond acceptors (Lipinski definition) is 4. The number of rotatable bonds is 8. The summed E-state index contributed by atoms with van der Waals surface area (Å²) in [5, 5.41) is 6.88. The monoisotopic (exact) mass is 512 g/mol. The number of benzene rings is 1. The molecule has 1 fully saturated rings. The van der Waals surface area contributed by atoms with Crippen LogP contribution in [-0.4, -0.2) is 51.2 Å². The van der Waals surface area contributed by atoms with E-state index in [0.29, 0.717) is 0 Å². The molecule has 1 aromatic carbocycles. The van der Waals surface area contributed by atoms with Gasteiger partial charge in [0, 0.05) is 20.1 Å². The van der Waals surface area contributed by atoms with Gasteiger partial charge in [0.15, 0.2) is 5.96 Å². The number of ether oxygens (including phenoxy) is 1. The molecule has 7 heteroatoms. The van der Waals surface area contributed by atoms with E-state index in [-0.39, 0.29) is 30.0 Å². The topological polar surface area (TPSA) is 62.0 Å². The highest BCUT2D eigenvalue weighted by Crippen LogP contribution is 2.24. The van der Waals surface area contributed by atoms with E-state index in [1.807, 2.05) is 25.2 Å². The van der Waals surface area contributed by atoms with Gasteiger partial charge in [-0.1, -0.05) is 18.6 Å². The van der Waals surface area contributed by atoms with E-state index in [1.165, 1.54) is 24.8 Å². The Labute approximate surface area is 191 Å². The molecular formula is C22H33IN4O2. The Morgan fingerprint density at radius 2 is 2.00 bits per heavy atom. The maximum atomic E-state index is 5.72. The minimum atomic E-state index is 0. The maximum absolute atomic E-state index is 5.72. The predicted molar refractivity (Wildman–Crippen MR) is 128 cm³/mol. The fourth-order valence-electron chi connectivity index (χ4n) is 3.69. The molecule has 0 bridgehead atoms. The van der Waals surface area contributed by atoms with E-state index in [2.05, 4.69) is 38.7 Å². The van der Waals surface area contributed by atoms with Gasteiger partial charge in [0.1, 0.15) is 11.5 Å². The first-order chi connectivity index (χ1) is 13.8. The van der Waals surface area contributed by atoms with Gasteiger partial charge in [0.2, 0.25) is 0 Å². The summed E-state index contributed by atoms with van der Waals surface area (Å²) in [6.45, 7) is 3.82. The summed E-state index contributed by atoms with van der Waals surface area (Å²) in [7, 11) is 3.50. The summed E-state index contributed by atoms with van der Waals surface area (Å²) in [5.41, 5.74) is 1.24. The number of nitrogens with one attached hydrogen (secondary N) is 2. The normalized spacial score (nSPS) is 16.0.